The molecule has 0 aliphatic carbocycles. The van der Waals surface area contributed by atoms with E-state index < -0.39 is 0 Å². The Kier molecular flexibility index (Phi) is 5.18. The van der Waals surface area contributed by atoms with Crippen molar-refractivity contribution in [3.05, 3.63) is 29.6 Å². The van der Waals surface area contributed by atoms with Crippen molar-refractivity contribution in [1.29, 1.82) is 0 Å². The van der Waals surface area contributed by atoms with Crippen LogP contribution in [0.4, 0.5) is 0 Å². The third kappa shape index (κ3) is 3.21. The number of hydrogen-bond acceptors (Lipinski definition) is 2. The minimum Gasteiger partial charge on any atom is -0.342 e. The summed E-state index contributed by atoms with van der Waals surface area (Å²) in [5.74, 6) is 2.26. The summed E-state index contributed by atoms with van der Waals surface area (Å²) in [5, 5.41) is 3.42. The second-order valence-electron chi connectivity index (χ2n) is 5.58. The molecule has 0 amide bonds. The molecule has 3 heteroatoms. The topological polar surface area (TPSA) is 40.7 Å². The van der Waals surface area contributed by atoms with Crippen molar-refractivity contribution in [2.45, 2.75) is 52.4 Å². The lowest BCUT2D eigenvalue weighted by Gasteiger charge is -2.22. The summed E-state index contributed by atoms with van der Waals surface area (Å²) in [4.78, 5) is 8.08. The van der Waals surface area contributed by atoms with E-state index >= 15 is 0 Å². The molecule has 1 aromatic heterocycles. The zero-order valence-corrected chi connectivity index (χ0v) is 13.2. The van der Waals surface area contributed by atoms with Crippen molar-refractivity contribution in [2.24, 2.45) is 0 Å². The molecule has 2 heterocycles. The first kappa shape index (κ1) is 15.0. The quantitative estimate of drug-likeness (QED) is 0.861. The van der Waals surface area contributed by atoms with E-state index in [1.54, 1.807) is 0 Å². The van der Waals surface area contributed by atoms with Crippen LogP contribution in [0, 0.1) is 0 Å². The van der Waals surface area contributed by atoms with Gasteiger partial charge in [-0.15, -0.1) is 0 Å². The predicted molar refractivity (Wildman–Crippen MR) is 86.4 cm³/mol. The molecule has 1 aromatic carbocycles. The molecule has 3 nitrogen and oxygen atoms in total. The number of fused-ring (bicyclic) bond motifs is 1. The molecule has 110 valence electrons. The molecule has 0 radical (unpaired) electrons. The number of rotatable bonds is 2. The average Bonchev–Trinajstić information content (AvgIpc) is 2.93. The standard InChI is InChI=1S/C15H21N3.C2H6/c1-10(2)15-17-13-4-3-12(9-14(13)18-15)11-5-7-16-8-6-11;1-2/h3-4,9-11,16H,5-8H2,1-2H3,(H,17,18);1-2H3. The summed E-state index contributed by atoms with van der Waals surface area (Å²) in [7, 11) is 0. The van der Waals surface area contributed by atoms with E-state index in [1.165, 1.54) is 23.9 Å². The fraction of sp³-hybridized carbons (Fsp3) is 0.588. The van der Waals surface area contributed by atoms with Crippen molar-refractivity contribution in [3.8, 4) is 0 Å². The minimum absolute atomic E-state index is 0.458. The number of benzene rings is 1. The Hall–Kier alpha value is -1.35. The highest BCUT2D eigenvalue weighted by Crippen LogP contribution is 2.28. The number of nitrogens with zero attached hydrogens (tertiary/aromatic N) is 1. The fourth-order valence-corrected chi connectivity index (χ4v) is 2.73. The molecule has 20 heavy (non-hydrogen) atoms. The number of aromatic nitrogens is 2. The molecule has 0 unspecified atom stereocenters. The molecular formula is C17H27N3. The van der Waals surface area contributed by atoms with Crippen molar-refractivity contribution >= 4 is 11.0 Å². The Morgan fingerprint density at radius 2 is 1.85 bits per heavy atom. The van der Waals surface area contributed by atoms with Gasteiger partial charge in [-0.1, -0.05) is 33.8 Å². The van der Waals surface area contributed by atoms with Crippen LogP contribution in [-0.4, -0.2) is 23.1 Å². The van der Waals surface area contributed by atoms with Gasteiger partial charge in [0.25, 0.3) is 0 Å². The van der Waals surface area contributed by atoms with Crippen LogP contribution in [-0.2, 0) is 0 Å². The van der Waals surface area contributed by atoms with Crippen molar-refractivity contribution in [1.82, 2.24) is 15.3 Å². The molecule has 1 fully saturated rings. The van der Waals surface area contributed by atoms with E-state index in [2.05, 4.69) is 47.3 Å². The number of imidazole rings is 1. The number of hydrogen-bond donors (Lipinski definition) is 2. The van der Waals surface area contributed by atoms with Gasteiger partial charge in [-0.25, -0.2) is 4.98 Å². The summed E-state index contributed by atoms with van der Waals surface area (Å²) < 4.78 is 0. The molecule has 2 aromatic rings. The molecule has 1 aliphatic rings. The molecule has 1 saturated heterocycles. The van der Waals surface area contributed by atoms with Crippen LogP contribution in [0.5, 0.6) is 0 Å². The largest absolute Gasteiger partial charge is 0.342 e. The smallest absolute Gasteiger partial charge is 0.109 e. The third-order valence-corrected chi connectivity index (χ3v) is 3.88. The van der Waals surface area contributed by atoms with Crippen molar-refractivity contribution in [3.63, 3.8) is 0 Å². The van der Waals surface area contributed by atoms with Crippen LogP contribution in [0.25, 0.3) is 11.0 Å². The van der Waals surface area contributed by atoms with E-state index in [1.807, 2.05) is 13.8 Å². The van der Waals surface area contributed by atoms with E-state index in [-0.39, 0.29) is 0 Å². The molecular weight excluding hydrogens is 246 g/mol. The van der Waals surface area contributed by atoms with E-state index in [0.717, 1.165) is 24.4 Å². The van der Waals surface area contributed by atoms with E-state index in [4.69, 9.17) is 0 Å². The molecule has 0 spiro atoms. The van der Waals surface area contributed by atoms with E-state index in [0.29, 0.717) is 11.8 Å². The molecule has 0 bridgehead atoms. The SMILES string of the molecule is CC.CC(C)c1nc2ccc(C3CCNCC3)cc2[nH]1. The van der Waals surface area contributed by atoms with Gasteiger partial charge in [0, 0.05) is 5.92 Å². The third-order valence-electron chi connectivity index (χ3n) is 3.88. The normalized spacial score (nSPS) is 16.2. The van der Waals surface area contributed by atoms with Crippen LogP contribution < -0.4 is 5.32 Å². The highest BCUT2D eigenvalue weighted by molar-refractivity contribution is 5.76. The first-order valence-corrected chi connectivity index (χ1v) is 7.94. The Morgan fingerprint density at radius 1 is 1.15 bits per heavy atom. The fourth-order valence-electron chi connectivity index (χ4n) is 2.73. The van der Waals surface area contributed by atoms with Gasteiger partial charge in [0.15, 0.2) is 0 Å². The number of nitrogens with one attached hydrogen (secondary N) is 2. The lowest BCUT2D eigenvalue weighted by molar-refractivity contribution is 0.460. The molecule has 2 N–H and O–H groups in total. The Morgan fingerprint density at radius 3 is 2.50 bits per heavy atom. The molecule has 0 atom stereocenters. The highest BCUT2D eigenvalue weighted by Gasteiger charge is 2.16. The maximum atomic E-state index is 4.63. The van der Waals surface area contributed by atoms with Crippen LogP contribution in [0.15, 0.2) is 18.2 Å². The van der Waals surface area contributed by atoms with Gasteiger partial charge < -0.3 is 10.3 Å². The van der Waals surface area contributed by atoms with Gasteiger partial charge in [0.05, 0.1) is 11.0 Å². The minimum atomic E-state index is 0.458. The lowest BCUT2D eigenvalue weighted by atomic mass is 9.90. The maximum Gasteiger partial charge on any atom is 0.109 e. The monoisotopic (exact) mass is 273 g/mol. The van der Waals surface area contributed by atoms with Crippen LogP contribution in [0.3, 0.4) is 0 Å². The summed E-state index contributed by atoms with van der Waals surface area (Å²) in [6.45, 7) is 10.6. The van der Waals surface area contributed by atoms with Gasteiger partial charge in [-0.05, 0) is 49.5 Å². The van der Waals surface area contributed by atoms with E-state index in [9.17, 15) is 0 Å². The zero-order chi connectivity index (χ0) is 14.5. The number of piperidine rings is 1. The molecule has 1 aliphatic heterocycles. The van der Waals surface area contributed by atoms with Crippen LogP contribution >= 0.6 is 0 Å². The average molecular weight is 273 g/mol. The van der Waals surface area contributed by atoms with Gasteiger partial charge in [-0.2, -0.15) is 0 Å². The Bertz CT molecular complexity index is 536. The summed E-state index contributed by atoms with van der Waals surface area (Å²) in [5.41, 5.74) is 3.74. The lowest BCUT2D eigenvalue weighted by Crippen LogP contribution is -2.26. The second-order valence-corrected chi connectivity index (χ2v) is 5.58. The predicted octanol–water partition coefficient (Wildman–Crippen LogP) is 4.18. The van der Waals surface area contributed by atoms with Gasteiger partial charge in [-0.3, -0.25) is 0 Å². The van der Waals surface area contributed by atoms with Gasteiger partial charge >= 0.3 is 0 Å². The molecule has 3 rings (SSSR count). The summed E-state index contributed by atoms with van der Waals surface area (Å²) in [6, 6.07) is 6.71. The maximum absolute atomic E-state index is 4.63. The first-order valence-electron chi connectivity index (χ1n) is 7.94. The molecule has 0 saturated carbocycles. The number of H-pyrrole nitrogens is 1. The van der Waals surface area contributed by atoms with Gasteiger partial charge in [0.2, 0.25) is 0 Å². The van der Waals surface area contributed by atoms with Crippen LogP contribution in [0.1, 0.15) is 63.8 Å². The number of aromatic amines is 1. The van der Waals surface area contributed by atoms with Gasteiger partial charge in [0.1, 0.15) is 5.82 Å². The first-order chi connectivity index (χ1) is 9.74. The van der Waals surface area contributed by atoms with Crippen molar-refractivity contribution < 1.29 is 0 Å². The van der Waals surface area contributed by atoms with Crippen molar-refractivity contribution in [2.75, 3.05) is 13.1 Å². The Balaban J connectivity index is 0.000000704. The highest BCUT2D eigenvalue weighted by atomic mass is 14.9. The van der Waals surface area contributed by atoms with Crippen LogP contribution in [0.2, 0.25) is 0 Å². The summed E-state index contributed by atoms with van der Waals surface area (Å²) >= 11 is 0. The second kappa shape index (κ2) is 6.89. The Labute approximate surface area is 122 Å². The zero-order valence-electron chi connectivity index (χ0n) is 13.2. The summed E-state index contributed by atoms with van der Waals surface area (Å²) in [6.07, 6.45) is 2.49.